The van der Waals surface area contributed by atoms with Crippen LogP contribution in [0.1, 0.15) is 45.4 Å². The molecule has 0 spiro atoms. The highest BCUT2D eigenvalue weighted by Crippen LogP contribution is 2.12. The van der Waals surface area contributed by atoms with Crippen LogP contribution in [-0.4, -0.2) is 48.2 Å². The third-order valence-corrected chi connectivity index (χ3v) is 3.34. The number of aliphatic hydroxyl groups is 1. The van der Waals surface area contributed by atoms with Gasteiger partial charge in [-0.1, -0.05) is 13.3 Å². The van der Waals surface area contributed by atoms with Gasteiger partial charge < -0.3 is 15.3 Å². The van der Waals surface area contributed by atoms with Crippen molar-refractivity contribution in [1.29, 1.82) is 0 Å². The molecule has 2 N–H and O–H groups in total. The summed E-state index contributed by atoms with van der Waals surface area (Å²) in [6.07, 6.45) is 6.23. The Labute approximate surface area is 104 Å². The molecule has 1 amide bonds. The molecule has 0 saturated carbocycles. The number of rotatable bonds is 7. The smallest absolute Gasteiger partial charge is 0.222 e. The Balaban J connectivity index is 2.25. The van der Waals surface area contributed by atoms with Gasteiger partial charge in [0.15, 0.2) is 0 Å². The molecule has 17 heavy (non-hydrogen) atoms. The van der Waals surface area contributed by atoms with Crippen molar-refractivity contribution in [3.63, 3.8) is 0 Å². The van der Waals surface area contributed by atoms with Crippen molar-refractivity contribution in [3.05, 3.63) is 0 Å². The van der Waals surface area contributed by atoms with Gasteiger partial charge in [-0.3, -0.25) is 4.79 Å². The van der Waals surface area contributed by atoms with E-state index < -0.39 is 0 Å². The van der Waals surface area contributed by atoms with Crippen LogP contribution in [0.4, 0.5) is 0 Å². The van der Waals surface area contributed by atoms with E-state index in [0.29, 0.717) is 19.0 Å². The summed E-state index contributed by atoms with van der Waals surface area (Å²) in [4.78, 5) is 13.7. The Morgan fingerprint density at radius 3 is 2.82 bits per heavy atom. The minimum Gasteiger partial charge on any atom is -0.395 e. The maximum atomic E-state index is 12.0. The summed E-state index contributed by atoms with van der Waals surface area (Å²) in [5.41, 5.74) is 0. The molecule has 100 valence electrons. The van der Waals surface area contributed by atoms with Crippen LogP contribution in [0, 0.1) is 0 Å². The van der Waals surface area contributed by atoms with Crippen molar-refractivity contribution in [2.75, 3.05) is 26.2 Å². The molecule has 0 aromatic carbocycles. The molecule has 0 bridgehead atoms. The maximum absolute atomic E-state index is 12.0. The van der Waals surface area contributed by atoms with Crippen LogP contribution >= 0.6 is 0 Å². The van der Waals surface area contributed by atoms with E-state index in [4.69, 9.17) is 5.11 Å². The van der Waals surface area contributed by atoms with Crippen LogP contribution < -0.4 is 5.32 Å². The lowest BCUT2D eigenvalue weighted by Gasteiger charge is -2.25. The molecule has 0 aliphatic carbocycles. The Morgan fingerprint density at radius 1 is 1.41 bits per heavy atom. The minimum absolute atomic E-state index is 0.0629. The Hall–Kier alpha value is -0.610. The molecule has 1 saturated heterocycles. The topological polar surface area (TPSA) is 52.6 Å². The predicted octanol–water partition coefficient (Wildman–Crippen LogP) is 1.14. The molecule has 4 nitrogen and oxygen atoms in total. The fraction of sp³-hybridized carbons (Fsp3) is 0.923. The number of piperidine rings is 1. The van der Waals surface area contributed by atoms with Gasteiger partial charge >= 0.3 is 0 Å². The lowest BCUT2D eigenvalue weighted by molar-refractivity contribution is -0.132. The van der Waals surface area contributed by atoms with Crippen molar-refractivity contribution >= 4 is 5.91 Å². The van der Waals surface area contributed by atoms with E-state index in [2.05, 4.69) is 12.2 Å². The number of carbonyl (C=O) groups excluding carboxylic acids is 1. The van der Waals surface area contributed by atoms with E-state index in [0.717, 1.165) is 25.9 Å². The summed E-state index contributed by atoms with van der Waals surface area (Å²) in [7, 11) is 0. The van der Waals surface area contributed by atoms with Crippen LogP contribution in [-0.2, 0) is 4.79 Å². The number of nitrogens with one attached hydrogen (secondary N) is 1. The monoisotopic (exact) mass is 242 g/mol. The second-order valence-corrected chi connectivity index (χ2v) is 4.79. The lowest BCUT2D eigenvalue weighted by Crippen LogP contribution is -2.37. The van der Waals surface area contributed by atoms with Gasteiger partial charge in [0, 0.05) is 25.6 Å². The maximum Gasteiger partial charge on any atom is 0.222 e. The van der Waals surface area contributed by atoms with Crippen molar-refractivity contribution in [2.45, 2.75) is 51.5 Å². The van der Waals surface area contributed by atoms with Crippen molar-refractivity contribution in [1.82, 2.24) is 10.2 Å². The molecular formula is C13H26N2O2. The van der Waals surface area contributed by atoms with E-state index >= 15 is 0 Å². The van der Waals surface area contributed by atoms with Crippen LogP contribution in [0.2, 0.25) is 0 Å². The highest BCUT2D eigenvalue weighted by Gasteiger charge is 2.16. The highest BCUT2D eigenvalue weighted by molar-refractivity contribution is 5.76. The summed E-state index contributed by atoms with van der Waals surface area (Å²) < 4.78 is 0. The SMILES string of the molecule is CCCN(CCO)C(=O)CCC1CCCCN1. The van der Waals surface area contributed by atoms with Gasteiger partial charge in [-0.25, -0.2) is 0 Å². The normalized spacial score (nSPS) is 20.2. The molecule has 0 radical (unpaired) electrons. The third-order valence-electron chi connectivity index (χ3n) is 3.34. The Morgan fingerprint density at radius 2 is 2.24 bits per heavy atom. The molecule has 1 atom stereocenters. The van der Waals surface area contributed by atoms with E-state index in [-0.39, 0.29) is 12.5 Å². The van der Waals surface area contributed by atoms with Gasteiger partial charge in [-0.15, -0.1) is 0 Å². The molecule has 1 fully saturated rings. The zero-order valence-electron chi connectivity index (χ0n) is 11.0. The van der Waals surface area contributed by atoms with Crippen molar-refractivity contribution in [2.24, 2.45) is 0 Å². The van der Waals surface area contributed by atoms with Crippen LogP contribution in [0.25, 0.3) is 0 Å². The minimum atomic E-state index is 0.0629. The zero-order valence-corrected chi connectivity index (χ0v) is 11.0. The average molecular weight is 242 g/mol. The highest BCUT2D eigenvalue weighted by atomic mass is 16.3. The van der Waals surface area contributed by atoms with Crippen LogP contribution in [0.3, 0.4) is 0 Å². The molecule has 0 aromatic rings. The summed E-state index contributed by atoms with van der Waals surface area (Å²) in [5, 5.41) is 12.4. The fourth-order valence-electron chi connectivity index (χ4n) is 2.38. The van der Waals surface area contributed by atoms with Gasteiger partial charge in [0.25, 0.3) is 0 Å². The van der Waals surface area contributed by atoms with Crippen molar-refractivity contribution in [3.8, 4) is 0 Å². The summed E-state index contributed by atoms with van der Waals surface area (Å²) in [5.74, 6) is 0.188. The largest absolute Gasteiger partial charge is 0.395 e. The van der Waals surface area contributed by atoms with E-state index in [1.54, 1.807) is 4.90 Å². The predicted molar refractivity (Wildman–Crippen MR) is 68.8 cm³/mol. The van der Waals surface area contributed by atoms with Crippen LogP contribution in [0.5, 0.6) is 0 Å². The first-order chi connectivity index (χ1) is 8.27. The number of hydrogen-bond acceptors (Lipinski definition) is 3. The van der Waals surface area contributed by atoms with Gasteiger partial charge in [0.05, 0.1) is 6.61 Å². The van der Waals surface area contributed by atoms with Gasteiger partial charge in [-0.05, 0) is 32.2 Å². The van der Waals surface area contributed by atoms with Gasteiger partial charge in [0.1, 0.15) is 0 Å². The van der Waals surface area contributed by atoms with Gasteiger partial charge in [0.2, 0.25) is 5.91 Å². The zero-order chi connectivity index (χ0) is 12.5. The standard InChI is InChI=1S/C13H26N2O2/c1-2-9-15(10-11-16)13(17)7-6-12-5-3-4-8-14-12/h12,14,16H,2-11H2,1H3. The Kier molecular flexibility index (Phi) is 7.21. The second-order valence-electron chi connectivity index (χ2n) is 4.79. The molecule has 1 unspecified atom stereocenters. The van der Waals surface area contributed by atoms with Crippen LogP contribution in [0.15, 0.2) is 0 Å². The first kappa shape index (κ1) is 14.5. The molecule has 0 aromatic heterocycles. The lowest BCUT2D eigenvalue weighted by atomic mass is 10.0. The number of amides is 1. The van der Waals surface area contributed by atoms with Gasteiger partial charge in [-0.2, -0.15) is 0 Å². The van der Waals surface area contributed by atoms with E-state index in [1.165, 1.54) is 19.3 Å². The summed E-state index contributed by atoms with van der Waals surface area (Å²) in [6, 6.07) is 0.519. The molecular weight excluding hydrogens is 216 g/mol. The Bertz CT molecular complexity index is 209. The number of aliphatic hydroxyl groups excluding tert-OH is 1. The second kappa shape index (κ2) is 8.48. The first-order valence-corrected chi connectivity index (χ1v) is 6.90. The number of carbonyl (C=O) groups is 1. The third kappa shape index (κ3) is 5.50. The average Bonchev–Trinajstić information content (AvgIpc) is 2.37. The number of hydrogen-bond donors (Lipinski definition) is 2. The first-order valence-electron chi connectivity index (χ1n) is 6.90. The summed E-state index contributed by atoms with van der Waals surface area (Å²) >= 11 is 0. The molecule has 4 heteroatoms. The molecule has 1 heterocycles. The number of nitrogens with zero attached hydrogens (tertiary/aromatic N) is 1. The summed E-state index contributed by atoms with van der Waals surface area (Å²) in [6.45, 7) is 4.45. The van der Waals surface area contributed by atoms with Crippen molar-refractivity contribution < 1.29 is 9.90 Å². The molecule has 1 aliphatic heterocycles. The van der Waals surface area contributed by atoms with E-state index in [9.17, 15) is 4.79 Å². The molecule has 1 aliphatic rings. The molecule has 1 rings (SSSR count). The quantitative estimate of drug-likeness (QED) is 0.704. The van der Waals surface area contributed by atoms with E-state index in [1.807, 2.05) is 0 Å². The fourth-order valence-corrected chi connectivity index (χ4v) is 2.38.